The molecule has 1 saturated heterocycles. The molecule has 1 unspecified atom stereocenters. The molecule has 0 bridgehead atoms. The highest BCUT2D eigenvalue weighted by molar-refractivity contribution is 5.81. The fourth-order valence-corrected chi connectivity index (χ4v) is 2.94. The lowest BCUT2D eigenvalue weighted by atomic mass is 10.2. The molecule has 2 aromatic rings. The molecule has 3 rings (SSSR count). The lowest BCUT2D eigenvalue weighted by molar-refractivity contribution is -0.139. The van der Waals surface area contributed by atoms with Gasteiger partial charge in [-0.1, -0.05) is 18.2 Å². The summed E-state index contributed by atoms with van der Waals surface area (Å²) in [4.78, 5) is 16.8. The number of aryl methyl sites for hydroxylation is 1. The standard InChI is InChI=1S/C19H24N2O3/c1-15-6-3-4-8-18(15)24-16(2)19(22)21-11-9-20(10-12-21)14-17-7-5-13-23-17/h3-8,13,16H,9-12,14H2,1-2H3. The molecular formula is C19H24N2O3. The summed E-state index contributed by atoms with van der Waals surface area (Å²) < 4.78 is 11.2. The van der Waals surface area contributed by atoms with Gasteiger partial charge < -0.3 is 14.1 Å². The van der Waals surface area contributed by atoms with Crippen LogP contribution in [0.2, 0.25) is 0 Å². The number of para-hydroxylation sites is 1. The molecular weight excluding hydrogens is 304 g/mol. The van der Waals surface area contributed by atoms with E-state index in [0.29, 0.717) is 0 Å². The molecule has 0 aliphatic carbocycles. The summed E-state index contributed by atoms with van der Waals surface area (Å²) in [6.45, 7) is 7.75. The minimum absolute atomic E-state index is 0.0518. The summed E-state index contributed by atoms with van der Waals surface area (Å²) in [7, 11) is 0. The molecule has 1 amide bonds. The summed E-state index contributed by atoms with van der Waals surface area (Å²) in [5.74, 6) is 1.79. The number of carbonyl (C=O) groups excluding carboxylic acids is 1. The summed E-state index contributed by atoms with van der Waals surface area (Å²) >= 11 is 0. The van der Waals surface area contributed by atoms with Gasteiger partial charge >= 0.3 is 0 Å². The Bertz CT molecular complexity index is 661. The molecule has 128 valence electrons. The van der Waals surface area contributed by atoms with E-state index in [4.69, 9.17) is 9.15 Å². The number of piperazine rings is 1. The van der Waals surface area contributed by atoms with Crippen molar-refractivity contribution >= 4 is 5.91 Å². The number of benzene rings is 1. The van der Waals surface area contributed by atoms with Gasteiger partial charge in [0.25, 0.3) is 5.91 Å². The Morgan fingerprint density at radius 3 is 2.58 bits per heavy atom. The monoisotopic (exact) mass is 328 g/mol. The molecule has 0 saturated carbocycles. The first-order valence-electron chi connectivity index (χ1n) is 8.39. The Morgan fingerprint density at radius 2 is 1.92 bits per heavy atom. The van der Waals surface area contributed by atoms with Gasteiger partial charge in [0.05, 0.1) is 12.8 Å². The summed E-state index contributed by atoms with van der Waals surface area (Å²) in [6, 6.07) is 11.7. The number of rotatable bonds is 5. The van der Waals surface area contributed by atoms with Crippen molar-refractivity contribution < 1.29 is 13.9 Å². The first-order chi connectivity index (χ1) is 11.6. The second kappa shape index (κ2) is 7.53. The lowest BCUT2D eigenvalue weighted by Crippen LogP contribution is -2.51. The SMILES string of the molecule is Cc1ccccc1OC(C)C(=O)N1CCN(Cc2ccco2)CC1. The van der Waals surface area contributed by atoms with Crippen LogP contribution in [0.25, 0.3) is 0 Å². The van der Waals surface area contributed by atoms with E-state index in [9.17, 15) is 4.79 Å². The number of ether oxygens (including phenoxy) is 1. The highest BCUT2D eigenvalue weighted by Crippen LogP contribution is 2.19. The first kappa shape index (κ1) is 16.6. The molecule has 5 heteroatoms. The van der Waals surface area contributed by atoms with Gasteiger partial charge in [-0.05, 0) is 37.6 Å². The van der Waals surface area contributed by atoms with E-state index in [2.05, 4.69) is 4.90 Å². The first-order valence-corrected chi connectivity index (χ1v) is 8.39. The van der Waals surface area contributed by atoms with Crippen LogP contribution in [0.15, 0.2) is 47.1 Å². The fourth-order valence-electron chi connectivity index (χ4n) is 2.94. The van der Waals surface area contributed by atoms with E-state index >= 15 is 0 Å². The number of hydrogen-bond acceptors (Lipinski definition) is 4. The van der Waals surface area contributed by atoms with Gasteiger partial charge in [-0.25, -0.2) is 0 Å². The van der Waals surface area contributed by atoms with Gasteiger partial charge in [-0.15, -0.1) is 0 Å². The van der Waals surface area contributed by atoms with Gasteiger partial charge in [0.1, 0.15) is 11.5 Å². The molecule has 24 heavy (non-hydrogen) atoms. The molecule has 5 nitrogen and oxygen atoms in total. The number of furan rings is 1. The zero-order chi connectivity index (χ0) is 16.9. The highest BCUT2D eigenvalue weighted by Gasteiger charge is 2.26. The fraction of sp³-hybridized carbons (Fsp3) is 0.421. The van der Waals surface area contributed by atoms with Crippen molar-refractivity contribution in [2.24, 2.45) is 0 Å². The molecule has 1 aliphatic heterocycles. The zero-order valence-corrected chi connectivity index (χ0v) is 14.3. The van der Waals surface area contributed by atoms with Crippen molar-refractivity contribution in [1.82, 2.24) is 9.80 Å². The van der Waals surface area contributed by atoms with E-state index < -0.39 is 6.10 Å². The largest absolute Gasteiger partial charge is 0.481 e. The summed E-state index contributed by atoms with van der Waals surface area (Å²) in [5, 5.41) is 0. The molecule has 0 spiro atoms. The lowest BCUT2D eigenvalue weighted by Gasteiger charge is -2.35. The Labute approximate surface area is 142 Å². The predicted molar refractivity (Wildman–Crippen MR) is 91.8 cm³/mol. The van der Waals surface area contributed by atoms with Crippen molar-refractivity contribution in [3.05, 3.63) is 54.0 Å². The molecule has 1 aromatic heterocycles. The third-order valence-corrected chi connectivity index (χ3v) is 4.39. The van der Waals surface area contributed by atoms with Crippen LogP contribution in [-0.4, -0.2) is 48.0 Å². The van der Waals surface area contributed by atoms with Crippen LogP contribution in [0.3, 0.4) is 0 Å². The molecule has 1 atom stereocenters. The quantitative estimate of drug-likeness (QED) is 0.847. The second-order valence-electron chi connectivity index (χ2n) is 6.21. The normalized spacial score (nSPS) is 16.8. The molecule has 1 aliphatic rings. The van der Waals surface area contributed by atoms with Gasteiger partial charge in [-0.2, -0.15) is 0 Å². The van der Waals surface area contributed by atoms with Crippen molar-refractivity contribution in [3.8, 4) is 5.75 Å². The Balaban J connectivity index is 1.50. The molecule has 0 radical (unpaired) electrons. The number of nitrogens with zero attached hydrogens (tertiary/aromatic N) is 2. The topological polar surface area (TPSA) is 45.9 Å². The Hall–Kier alpha value is -2.27. The minimum Gasteiger partial charge on any atom is -0.481 e. The third kappa shape index (κ3) is 3.97. The number of hydrogen-bond donors (Lipinski definition) is 0. The molecule has 1 fully saturated rings. The van der Waals surface area contributed by atoms with Gasteiger partial charge in [0, 0.05) is 26.2 Å². The van der Waals surface area contributed by atoms with Crippen LogP contribution in [-0.2, 0) is 11.3 Å². The van der Waals surface area contributed by atoms with Crippen LogP contribution in [0.5, 0.6) is 5.75 Å². The van der Waals surface area contributed by atoms with Crippen LogP contribution in [0, 0.1) is 6.92 Å². The highest BCUT2D eigenvalue weighted by atomic mass is 16.5. The smallest absolute Gasteiger partial charge is 0.263 e. The van der Waals surface area contributed by atoms with E-state index in [1.165, 1.54) is 0 Å². The molecule has 2 heterocycles. The molecule has 1 aromatic carbocycles. The summed E-state index contributed by atoms with van der Waals surface area (Å²) in [6.07, 6.45) is 1.22. The maximum atomic E-state index is 12.6. The van der Waals surface area contributed by atoms with Crippen LogP contribution in [0.4, 0.5) is 0 Å². The third-order valence-electron chi connectivity index (χ3n) is 4.39. The maximum absolute atomic E-state index is 12.6. The Kier molecular flexibility index (Phi) is 5.20. The minimum atomic E-state index is -0.470. The molecule has 0 N–H and O–H groups in total. The van der Waals surface area contributed by atoms with Crippen molar-refractivity contribution in [2.45, 2.75) is 26.5 Å². The van der Waals surface area contributed by atoms with Crippen molar-refractivity contribution in [2.75, 3.05) is 26.2 Å². The number of amides is 1. The van der Waals surface area contributed by atoms with Gasteiger partial charge in [0.15, 0.2) is 6.10 Å². The van der Waals surface area contributed by atoms with E-state index in [-0.39, 0.29) is 5.91 Å². The van der Waals surface area contributed by atoms with Crippen molar-refractivity contribution in [1.29, 1.82) is 0 Å². The zero-order valence-electron chi connectivity index (χ0n) is 14.3. The van der Waals surface area contributed by atoms with E-state index in [0.717, 1.165) is 49.8 Å². The van der Waals surface area contributed by atoms with Crippen LogP contribution in [0.1, 0.15) is 18.2 Å². The van der Waals surface area contributed by atoms with Crippen molar-refractivity contribution in [3.63, 3.8) is 0 Å². The van der Waals surface area contributed by atoms with Gasteiger partial charge in [-0.3, -0.25) is 9.69 Å². The average molecular weight is 328 g/mol. The maximum Gasteiger partial charge on any atom is 0.263 e. The number of carbonyl (C=O) groups is 1. The van der Waals surface area contributed by atoms with Crippen LogP contribution >= 0.6 is 0 Å². The summed E-state index contributed by atoms with van der Waals surface area (Å²) in [5.41, 5.74) is 1.04. The second-order valence-corrected chi connectivity index (χ2v) is 6.21. The average Bonchev–Trinajstić information content (AvgIpc) is 3.10. The Morgan fingerprint density at radius 1 is 1.17 bits per heavy atom. The van der Waals surface area contributed by atoms with E-state index in [1.54, 1.807) is 6.26 Å². The predicted octanol–water partition coefficient (Wildman–Crippen LogP) is 2.70. The van der Waals surface area contributed by atoms with Crippen LogP contribution < -0.4 is 4.74 Å². The van der Waals surface area contributed by atoms with E-state index in [1.807, 2.05) is 55.1 Å². The van der Waals surface area contributed by atoms with Gasteiger partial charge in [0.2, 0.25) is 0 Å².